The number of methoxy groups -OCH3 is 1. The SMILES string of the molecule is CCC(CC)CN(C)CCC(=O)OC. The van der Waals surface area contributed by atoms with E-state index in [1.54, 1.807) is 0 Å². The molecule has 0 bridgehead atoms. The van der Waals surface area contributed by atoms with Gasteiger partial charge in [-0.25, -0.2) is 0 Å². The largest absolute Gasteiger partial charge is 0.469 e. The molecule has 0 N–H and O–H groups in total. The van der Waals surface area contributed by atoms with E-state index in [0.717, 1.165) is 19.0 Å². The first-order valence-corrected chi connectivity index (χ1v) is 5.39. The maximum atomic E-state index is 10.9. The third-order valence-corrected chi connectivity index (χ3v) is 2.65. The molecule has 0 aromatic heterocycles. The molecule has 0 unspecified atom stereocenters. The van der Waals surface area contributed by atoms with E-state index in [1.165, 1.54) is 20.0 Å². The van der Waals surface area contributed by atoms with Gasteiger partial charge in [0.25, 0.3) is 0 Å². The average molecular weight is 201 g/mol. The summed E-state index contributed by atoms with van der Waals surface area (Å²) in [4.78, 5) is 13.1. The Morgan fingerprint density at radius 2 is 1.93 bits per heavy atom. The number of nitrogens with zero attached hydrogens (tertiary/aromatic N) is 1. The fourth-order valence-electron chi connectivity index (χ4n) is 1.46. The number of carbonyl (C=O) groups excluding carboxylic acids is 1. The molecular weight excluding hydrogens is 178 g/mol. The summed E-state index contributed by atoms with van der Waals surface area (Å²) in [6.45, 7) is 6.29. The molecule has 0 aromatic rings. The Labute approximate surface area is 87.4 Å². The molecule has 14 heavy (non-hydrogen) atoms. The monoisotopic (exact) mass is 201 g/mol. The van der Waals surface area contributed by atoms with Gasteiger partial charge in [-0.1, -0.05) is 26.7 Å². The molecule has 0 aliphatic carbocycles. The van der Waals surface area contributed by atoms with Gasteiger partial charge in [0.15, 0.2) is 0 Å². The molecule has 84 valence electrons. The topological polar surface area (TPSA) is 29.5 Å². The highest BCUT2D eigenvalue weighted by Crippen LogP contribution is 2.08. The molecule has 0 amide bonds. The summed E-state index contributed by atoms with van der Waals surface area (Å²) in [7, 11) is 3.49. The Morgan fingerprint density at radius 3 is 2.36 bits per heavy atom. The molecule has 0 aliphatic heterocycles. The van der Waals surface area contributed by atoms with Crippen LogP contribution in [0.2, 0.25) is 0 Å². The van der Waals surface area contributed by atoms with Crippen LogP contribution in [0, 0.1) is 5.92 Å². The maximum Gasteiger partial charge on any atom is 0.306 e. The molecule has 3 nitrogen and oxygen atoms in total. The van der Waals surface area contributed by atoms with Crippen LogP contribution >= 0.6 is 0 Å². The van der Waals surface area contributed by atoms with Crippen molar-refractivity contribution >= 4 is 5.97 Å². The Bertz CT molecular complexity index is 155. The lowest BCUT2D eigenvalue weighted by atomic mass is 10.0. The molecule has 3 heteroatoms. The second-order valence-electron chi connectivity index (χ2n) is 3.77. The van der Waals surface area contributed by atoms with Crippen molar-refractivity contribution in [1.29, 1.82) is 0 Å². The molecule has 0 rings (SSSR count). The average Bonchev–Trinajstić information content (AvgIpc) is 2.22. The Balaban J connectivity index is 3.63. The smallest absolute Gasteiger partial charge is 0.306 e. The van der Waals surface area contributed by atoms with Crippen LogP contribution in [0.15, 0.2) is 0 Å². The van der Waals surface area contributed by atoms with Crippen molar-refractivity contribution in [3.05, 3.63) is 0 Å². The van der Waals surface area contributed by atoms with E-state index in [1.807, 2.05) is 0 Å². The molecule has 0 spiro atoms. The number of rotatable bonds is 7. The van der Waals surface area contributed by atoms with Crippen LogP contribution in [0.1, 0.15) is 33.1 Å². The highest BCUT2D eigenvalue weighted by atomic mass is 16.5. The van der Waals surface area contributed by atoms with Gasteiger partial charge in [0.05, 0.1) is 13.5 Å². The molecule has 0 fully saturated rings. The third-order valence-electron chi connectivity index (χ3n) is 2.65. The van der Waals surface area contributed by atoms with Crippen molar-refractivity contribution in [2.24, 2.45) is 5.92 Å². The van der Waals surface area contributed by atoms with E-state index < -0.39 is 0 Å². The molecule has 0 saturated carbocycles. The van der Waals surface area contributed by atoms with E-state index in [2.05, 4.69) is 30.5 Å². The second kappa shape index (κ2) is 7.80. The summed E-state index contributed by atoms with van der Waals surface area (Å²) in [5.74, 6) is 0.624. The number of carbonyl (C=O) groups is 1. The Hall–Kier alpha value is -0.570. The normalized spacial score (nSPS) is 11.0. The van der Waals surface area contributed by atoms with Crippen molar-refractivity contribution in [1.82, 2.24) is 4.90 Å². The van der Waals surface area contributed by atoms with E-state index in [0.29, 0.717) is 6.42 Å². The summed E-state index contributed by atoms with van der Waals surface area (Å²) >= 11 is 0. The maximum absolute atomic E-state index is 10.9. The van der Waals surface area contributed by atoms with Crippen molar-refractivity contribution in [2.45, 2.75) is 33.1 Å². The molecule has 0 aromatic carbocycles. The highest BCUT2D eigenvalue weighted by molar-refractivity contribution is 5.69. The first-order chi connectivity index (χ1) is 6.63. The van der Waals surface area contributed by atoms with Gasteiger partial charge in [0.1, 0.15) is 0 Å². The summed E-state index contributed by atoms with van der Waals surface area (Å²) in [5, 5.41) is 0. The zero-order chi connectivity index (χ0) is 11.0. The van der Waals surface area contributed by atoms with E-state index in [4.69, 9.17) is 0 Å². The van der Waals surface area contributed by atoms with Gasteiger partial charge >= 0.3 is 5.97 Å². The highest BCUT2D eigenvalue weighted by Gasteiger charge is 2.09. The first-order valence-electron chi connectivity index (χ1n) is 5.39. The Morgan fingerprint density at radius 1 is 1.36 bits per heavy atom. The van der Waals surface area contributed by atoms with Gasteiger partial charge < -0.3 is 9.64 Å². The summed E-state index contributed by atoms with van der Waals surface area (Å²) in [6.07, 6.45) is 2.91. The van der Waals surface area contributed by atoms with Gasteiger partial charge in [-0.3, -0.25) is 4.79 Å². The fourth-order valence-corrected chi connectivity index (χ4v) is 1.46. The van der Waals surface area contributed by atoms with Crippen molar-refractivity contribution < 1.29 is 9.53 Å². The van der Waals surface area contributed by atoms with Crippen molar-refractivity contribution in [3.63, 3.8) is 0 Å². The molecule has 0 saturated heterocycles. The van der Waals surface area contributed by atoms with Crippen LogP contribution in [0.5, 0.6) is 0 Å². The number of hydrogen-bond donors (Lipinski definition) is 0. The van der Waals surface area contributed by atoms with E-state index in [-0.39, 0.29) is 5.97 Å². The predicted octanol–water partition coefficient (Wildman–Crippen LogP) is 1.92. The summed E-state index contributed by atoms with van der Waals surface area (Å²) in [5.41, 5.74) is 0. The van der Waals surface area contributed by atoms with E-state index >= 15 is 0 Å². The van der Waals surface area contributed by atoms with Crippen LogP contribution < -0.4 is 0 Å². The summed E-state index contributed by atoms with van der Waals surface area (Å²) in [6, 6.07) is 0. The van der Waals surface area contributed by atoms with Gasteiger partial charge in [-0.2, -0.15) is 0 Å². The molecule has 0 atom stereocenters. The number of ether oxygens (including phenoxy) is 1. The summed E-state index contributed by atoms with van der Waals surface area (Å²) < 4.78 is 4.59. The fraction of sp³-hybridized carbons (Fsp3) is 0.909. The van der Waals surface area contributed by atoms with Gasteiger partial charge in [-0.05, 0) is 13.0 Å². The quantitative estimate of drug-likeness (QED) is 0.589. The number of esters is 1. The molecular formula is C11H23NO2. The van der Waals surface area contributed by atoms with Crippen LogP contribution in [0.4, 0.5) is 0 Å². The zero-order valence-corrected chi connectivity index (χ0v) is 9.88. The molecule has 0 aliphatic rings. The van der Waals surface area contributed by atoms with Crippen molar-refractivity contribution in [2.75, 3.05) is 27.2 Å². The van der Waals surface area contributed by atoms with Gasteiger partial charge in [0, 0.05) is 13.1 Å². The lowest BCUT2D eigenvalue weighted by Gasteiger charge is -2.21. The second-order valence-corrected chi connectivity index (χ2v) is 3.77. The molecule has 0 heterocycles. The number of hydrogen-bond acceptors (Lipinski definition) is 3. The Kier molecular flexibility index (Phi) is 7.48. The first kappa shape index (κ1) is 13.4. The van der Waals surface area contributed by atoms with E-state index in [9.17, 15) is 4.79 Å². The minimum Gasteiger partial charge on any atom is -0.469 e. The predicted molar refractivity (Wildman–Crippen MR) is 58.2 cm³/mol. The van der Waals surface area contributed by atoms with Crippen LogP contribution in [-0.2, 0) is 9.53 Å². The third kappa shape index (κ3) is 5.97. The van der Waals surface area contributed by atoms with Crippen LogP contribution in [-0.4, -0.2) is 38.1 Å². The zero-order valence-electron chi connectivity index (χ0n) is 9.88. The van der Waals surface area contributed by atoms with Gasteiger partial charge in [-0.15, -0.1) is 0 Å². The lowest BCUT2D eigenvalue weighted by molar-refractivity contribution is -0.140. The lowest BCUT2D eigenvalue weighted by Crippen LogP contribution is -2.27. The van der Waals surface area contributed by atoms with Crippen molar-refractivity contribution in [3.8, 4) is 0 Å². The molecule has 0 radical (unpaired) electrons. The minimum absolute atomic E-state index is 0.124. The van der Waals surface area contributed by atoms with Gasteiger partial charge in [0.2, 0.25) is 0 Å². The van der Waals surface area contributed by atoms with Crippen LogP contribution in [0.25, 0.3) is 0 Å². The standard InChI is InChI=1S/C11H23NO2/c1-5-10(6-2)9-12(3)8-7-11(13)14-4/h10H,5-9H2,1-4H3. The minimum atomic E-state index is -0.124. The van der Waals surface area contributed by atoms with Crippen LogP contribution in [0.3, 0.4) is 0 Å².